The van der Waals surface area contributed by atoms with Gasteiger partial charge in [0.2, 0.25) is 0 Å². The molecule has 4 aromatic rings. The van der Waals surface area contributed by atoms with Crippen molar-refractivity contribution in [1.82, 2.24) is 9.88 Å². The fourth-order valence-corrected chi connectivity index (χ4v) is 2.96. The van der Waals surface area contributed by atoms with E-state index in [0.29, 0.717) is 18.7 Å². The van der Waals surface area contributed by atoms with E-state index in [1.54, 1.807) is 11.2 Å². The number of amides is 1. The number of fused-ring (bicyclic) bond motifs is 1. The van der Waals surface area contributed by atoms with Crippen molar-refractivity contribution < 1.29 is 9.21 Å². The number of furan rings is 1. The molecule has 2 aromatic carbocycles. The first-order chi connectivity index (χ1) is 12.3. The van der Waals surface area contributed by atoms with Crippen LogP contribution in [-0.2, 0) is 13.1 Å². The highest BCUT2D eigenvalue weighted by Gasteiger charge is 2.18. The van der Waals surface area contributed by atoms with E-state index in [2.05, 4.69) is 4.98 Å². The zero-order valence-electron chi connectivity index (χ0n) is 13.7. The molecular formula is C21H18N2O2. The number of carbonyl (C=O) groups excluding carboxylic acids is 1. The second-order valence-electron chi connectivity index (χ2n) is 6.01. The summed E-state index contributed by atoms with van der Waals surface area (Å²) in [4.78, 5) is 18.1. The number of carbonyl (C=O) groups is 1. The van der Waals surface area contributed by atoms with Crippen LogP contribution in [-0.4, -0.2) is 15.8 Å². The number of nitrogens with one attached hydrogen (secondary N) is 1. The Morgan fingerprint density at radius 3 is 2.64 bits per heavy atom. The van der Waals surface area contributed by atoms with Gasteiger partial charge in [0.15, 0.2) is 0 Å². The first-order valence-corrected chi connectivity index (χ1v) is 8.22. The first-order valence-electron chi connectivity index (χ1n) is 8.22. The molecule has 1 amide bonds. The SMILES string of the molecule is O=C(c1ccc2cc[nH]c2c1)N(Cc1ccccc1)Cc1ccco1. The van der Waals surface area contributed by atoms with Gasteiger partial charge in [-0.05, 0) is 41.3 Å². The van der Waals surface area contributed by atoms with Crippen LogP contribution >= 0.6 is 0 Å². The Bertz CT molecular complexity index is 971. The van der Waals surface area contributed by atoms with Gasteiger partial charge in [-0.3, -0.25) is 4.79 Å². The van der Waals surface area contributed by atoms with Crippen LogP contribution in [0.1, 0.15) is 21.7 Å². The quantitative estimate of drug-likeness (QED) is 0.581. The summed E-state index contributed by atoms with van der Waals surface area (Å²) in [5.41, 5.74) is 2.71. The number of aromatic amines is 1. The van der Waals surface area contributed by atoms with E-state index in [-0.39, 0.29) is 5.91 Å². The molecule has 0 radical (unpaired) electrons. The Hall–Kier alpha value is -3.27. The number of H-pyrrole nitrogens is 1. The summed E-state index contributed by atoms with van der Waals surface area (Å²) >= 11 is 0. The maximum absolute atomic E-state index is 13.1. The number of hydrogen-bond donors (Lipinski definition) is 1. The molecule has 0 aliphatic carbocycles. The lowest BCUT2D eigenvalue weighted by atomic mass is 10.1. The monoisotopic (exact) mass is 330 g/mol. The van der Waals surface area contributed by atoms with Crippen LogP contribution in [0.4, 0.5) is 0 Å². The Morgan fingerprint density at radius 2 is 1.84 bits per heavy atom. The minimum absolute atomic E-state index is 0.0169. The fourth-order valence-electron chi connectivity index (χ4n) is 2.96. The predicted molar refractivity (Wildman–Crippen MR) is 97.0 cm³/mol. The molecule has 0 aliphatic heterocycles. The normalized spacial score (nSPS) is 10.9. The van der Waals surface area contributed by atoms with Crippen molar-refractivity contribution >= 4 is 16.8 Å². The minimum atomic E-state index is -0.0169. The Balaban J connectivity index is 1.64. The van der Waals surface area contributed by atoms with Gasteiger partial charge in [0, 0.05) is 23.8 Å². The third-order valence-electron chi connectivity index (χ3n) is 4.23. The molecule has 4 rings (SSSR count). The molecule has 4 nitrogen and oxygen atoms in total. The zero-order chi connectivity index (χ0) is 17.1. The number of aromatic nitrogens is 1. The first kappa shape index (κ1) is 15.3. The average Bonchev–Trinajstić information content (AvgIpc) is 3.32. The van der Waals surface area contributed by atoms with Gasteiger partial charge in [0.05, 0.1) is 12.8 Å². The fraction of sp³-hybridized carbons (Fsp3) is 0.0952. The average molecular weight is 330 g/mol. The van der Waals surface area contributed by atoms with Crippen LogP contribution in [0, 0.1) is 0 Å². The molecule has 0 fully saturated rings. The van der Waals surface area contributed by atoms with Gasteiger partial charge in [0.25, 0.3) is 5.91 Å². The Labute approximate surface area is 145 Å². The van der Waals surface area contributed by atoms with Crippen molar-refractivity contribution in [3.8, 4) is 0 Å². The van der Waals surface area contributed by atoms with Crippen LogP contribution in [0.3, 0.4) is 0 Å². The second-order valence-corrected chi connectivity index (χ2v) is 6.01. The molecule has 4 heteroatoms. The summed E-state index contributed by atoms with van der Waals surface area (Å²) in [6, 6.07) is 21.4. The van der Waals surface area contributed by atoms with Crippen LogP contribution < -0.4 is 0 Å². The number of rotatable bonds is 5. The number of nitrogens with zero attached hydrogens (tertiary/aromatic N) is 1. The van der Waals surface area contributed by atoms with Crippen molar-refractivity contribution in [2.45, 2.75) is 13.1 Å². The summed E-state index contributed by atoms with van der Waals surface area (Å²) in [6.45, 7) is 0.965. The largest absolute Gasteiger partial charge is 0.467 e. The topological polar surface area (TPSA) is 49.2 Å². The van der Waals surface area contributed by atoms with Gasteiger partial charge in [0.1, 0.15) is 5.76 Å². The summed E-state index contributed by atoms with van der Waals surface area (Å²) in [5, 5.41) is 1.09. The zero-order valence-corrected chi connectivity index (χ0v) is 13.7. The van der Waals surface area contributed by atoms with E-state index < -0.39 is 0 Å². The molecule has 0 unspecified atom stereocenters. The summed E-state index contributed by atoms with van der Waals surface area (Å²) in [7, 11) is 0. The highest BCUT2D eigenvalue weighted by molar-refractivity contribution is 5.97. The van der Waals surface area contributed by atoms with Crippen molar-refractivity contribution in [3.63, 3.8) is 0 Å². The summed E-state index contributed by atoms with van der Waals surface area (Å²) < 4.78 is 5.45. The van der Waals surface area contributed by atoms with Crippen LogP contribution in [0.5, 0.6) is 0 Å². The molecule has 0 aliphatic rings. The lowest BCUT2D eigenvalue weighted by Gasteiger charge is -2.22. The van der Waals surface area contributed by atoms with E-state index >= 15 is 0 Å². The lowest BCUT2D eigenvalue weighted by molar-refractivity contribution is 0.0718. The van der Waals surface area contributed by atoms with Gasteiger partial charge < -0.3 is 14.3 Å². The smallest absolute Gasteiger partial charge is 0.254 e. The molecule has 0 spiro atoms. The molecule has 0 saturated heterocycles. The maximum Gasteiger partial charge on any atom is 0.254 e. The summed E-state index contributed by atoms with van der Waals surface area (Å²) in [5.74, 6) is 0.752. The van der Waals surface area contributed by atoms with E-state index in [0.717, 1.165) is 22.2 Å². The summed E-state index contributed by atoms with van der Waals surface area (Å²) in [6.07, 6.45) is 3.51. The minimum Gasteiger partial charge on any atom is -0.467 e. The molecule has 0 saturated carbocycles. The predicted octanol–water partition coefficient (Wildman–Crippen LogP) is 4.60. The maximum atomic E-state index is 13.1. The molecule has 1 N–H and O–H groups in total. The van der Waals surface area contributed by atoms with Crippen LogP contribution in [0.2, 0.25) is 0 Å². The van der Waals surface area contributed by atoms with E-state index in [1.165, 1.54) is 0 Å². The Morgan fingerprint density at radius 1 is 0.960 bits per heavy atom. The molecule has 2 aromatic heterocycles. The molecule has 124 valence electrons. The van der Waals surface area contributed by atoms with Crippen molar-refractivity contribution in [3.05, 3.63) is 96.1 Å². The van der Waals surface area contributed by atoms with Gasteiger partial charge in [-0.2, -0.15) is 0 Å². The standard InChI is InChI=1S/C21H18N2O2/c24-21(18-9-8-17-10-11-22-20(17)13-18)23(15-19-7-4-12-25-19)14-16-5-2-1-3-6-16/h1-13,22H,14-15H2. The molecule has 25 heavy (non-hydrogen) atoms. The van der Waals surface area contributed by atoms with Crippen molar-refractivity contribution in [1.29, 1.82) is 0 Å². The third kappa shape index (κ3) is 3.33. The van der Waals surface area contributed by atoms with E-state index in [4.69, 9.17) is 4.42 Å². The van der Waals surface area contributed by atoms with Gasteiger partial charge in [-0.1, -0.05) is 36.4 Å². The van der Waals surface area contributed by atoms with Gasteiger partial charge in [-0.25, -0.2) is 0 Å². The van der Waals surface area contributed by atoms with Crippen LogP contribution in [0.15, 0.2) is 83.6 Å². The third-order valence-corrected chi connectivity index (χ3v) is 4.23. The highest BCUT2D eigenvalue weighted by Crippen LogP contribution is 2.18. The Kier molecular flexibility index (Phi) is 4.09. The van der Waals surface area contributed by atoms with Crippen molar-refractivity contribution in [2.75, 3.05) is 0 Å². The number of benzene rings is 2. The van der Waals surface area contributed by atoms with Gasteiger partial charge >= 0.3 is 0 Å². The van der Waals surface area contributed by atoms with E-state index in [9.17, 15) is 4.79 Å². The second kappa shape index (κ2) is 6.69. The molecule has 2 heterocycles. The molecule has 0 atom stereocenters. The molecular weight excluding hydrogens is 312 g/mol. The highest BCUT2D eigenvalue weighted by atomic mass is 16.3. The lowest BCUT2D eigenvalue weighted by Crippen LogP contribution is -2.30. The molecule has 0 bridgehead atoms. The van der Waals surface area contributed by atoms with E-state index in [1.807, 2.05) is 72.9 Å². The van der Waals surface area contributed by atoms with Crippen molar-refractivity contribution in [2.24, 2.45) is 0 Å². The van der Waals surface area contributed by atoms with Crippen LogP contribution in [0.25, 0.3) is 10.9 Å². The van der Waals surface area contributed by atoms with Gasteiger partial charge in [-0.15, -0.1) is 0 Å². The number of hydrogen-bond acceptors (Lipinski definition) is 2.